The molecule has 0 N–H and O–H groups in total. The first-order valence-electron chi connectivity index (χ1n) is 7.93. The monoisotopic (exact) mass is 292 g/mol. The Hall–Kier alpha value is -0.763. The van der Waals surface area contributed by atoms with E-state index in [4.69, 9.17) is 4.43 Å². The minimum Gasteiger partial charge on any atom is -0.544 e. The number of allylic oxidation sites excluding steroid dienone is 5. The summed E-state index contributed by atoms with van der Waals surface area (Å²) >= 11 is 0. The fourth-order valence-electron chi connectivity index (χ4n) is 2.48. The van der Waals surface area contributed by atoms with Crippen molar-refractivity contribution in [2.75, 3.05) is 0 Å². The van der Waals surface area contributed by atoms with Crippen molar-refractivity contribution in [2.45, 2.75) is 66.6 Å². The smallest absolute Gasteiger partial charge is 0.242 e. The molecule has 2 heteroatoms. The van der Waals surface area contributed by atoms with Crippen molar-refractivity contribution in [3.63, 3.8) is 0 Å². The van der Waals surface area contributed by atoms with Crippen LogP contribution in [-0.2, 0) is 4.43 Å². The fraction of sp³-hybridized carbons (Fsp3) is 0.667. The maximum absolute atomic E-state index is 6.33. The molecule has 0 bridgehead atoms. The van der Waals surface area contributed by atoms with Crippen LogP contribution >= 0.6 is 0 Å². The van der Waals surface area contributed by atoms with Crippen LogP contribution in [0.5, 0.6) is 0 Å². The second-order valence-corrected chi connectivity index (χ2v) is 11.8. The molecule has 1 aliphatic carbocycles. The van der Waals surface area contributed by atoms with Gasteiger partial charge in [0.25, 0.3) is 0 Å². The highest BCUT2D eigenvalue weighted by atomic mass is 28.4. The lowest BCUT2D eigenvalue weighted by atomic mass is 9.87. The Bertz CT molecular complexity index is 406. The summed E-state index contributed by atoms with van der Waals surface area (Å²) in [6, 6.07) is 0. The molecule has 0 fully saturated rings. The van der Waals surface area contributed by atoms with Crippen molar-refractivity contribution in [3.8, 4) is 0 Å². The molecule has 0 aromatic heterocycles. The van der Waals surface area contributed by atoms with Crippen molar-refractivity contribution < 1.29 is 4.43 Å². The Kier molecular flexibility index (Phi) is 6.31. The second kappa shape index (κ2) is 7.30. The van der Waals surface area contributed by atoms with E-state index < -0.39 is 8.32 Å². The third-order valence-corrected chi connectivity index (χ3v) is 4.36. The molecule has 1 nitrogen and oxygen atoms in total. The van der Waals surface area contributed by atoms with Crippen LogP contribution in [0.4, 0.5) is 0 Å². The van der Waals surface area contributed by atoms with Gasteiger partial charge in [0.15, 0.2) is 0 Å². The molecule has 1 rings (SSSR count). The van der Waals surface area contributed by atoms with Crippen molar-refractivity contribution in [3.05, 3.63) is 35.1 Å². The first kappa shape index (κ1) is 17.3. The molecule has 0 radical (unpaired) electrons. The van der Waals surface area contributed by atoms with Gasteiger partial charge >= 0.3 is 0 Å². The van der Waals surface area contributed by atoms with Gasteiger partial charge in [0.05, 0.1) is 0 Å². The van der Waals surface area contributed by atoms with E-state index in [2.05, 4.69) is 65.6 Å². The summed E-state index contributed by atoms with van der Waals surface area (Å²) in [5, 5.41) is 0. The minimum absolute atomic E-state index is 0.584. The lowest BCUT2D eigenvalue weighted by molar-refractivity contribution is 0.399. The maximum atomic E-state index is 6.33. The number of hydrogen-bond acceptors (Lipinski definition) is 1. The molecule has 0 amide bonds. The highest BCUT2D eigenvalue weighted by Gasteiger charge is 2.24. The molecule has 1 unspecified atom stereocenters. The van der Waals surface area contributed by atoms with Gasteiger partial charge in [0.2, 0.25) is 8.32 Å². The zero-order valence-corrected chi connectivity index (χ0v) is 15.4. The van der Waals surface area contributed by atoms with E-state index in [9.17, 15) is 0 Å². The topological polar surface area (TPSA) is 9.23 Å². The number of rotatable bonds is 6. The third-order valence-electron chi connectivity index (χ3n) is 3.53. The highest BCUT2D eigenvalue weighted by Crippen LogP contribution is 2.33. The second-order valence-electron chi connectivity index (χ2n) is 7.38. The maximum Gasteiger partial charge on any atom is 0.242 e. The molecule has 114 valence electrons. The average molecular weight is 293 g/mol. The van der Waals surface area contributed by atoms with Gasteiger partial charge in [-0.15, -0.1) is 0 Å². The van der Waals surface area contributed by atoms with E-state index in [1.165, 1.54) is 23.3 Å². The minimum atomic E-state index is -1.53. The molecule has 2 atom stereocenters. The predicted octanol–water partition coefficient (Wildman–Crippen LogP) is 6.07. The molecule has 0 aromatic carbocycles. The van der Waals surface area contributed by atoms with Crippen LogP contribution in [0.25, 0.3) is 0 Å². The standard InChI is InChI=1S/C18H32OSi/c1-14(2)9-8-10-16(4)17-12-11-15(3)13-18(17)19-20(5,6)7/h9,12-13,15-16H,8,10-11H2,1-7H3/t15?,16-/m1/s1. The molecule has 0 aliphatic heterocycles. The summed E-state index contributed by atoms with van der Waals surface area (Å²) in [5.41, 5.74) is 2.85. The van der Waals surface area contributed by atoms with Crippen molar-refractivity contribution in [1.82, 2.24) is 0 Å². The fourth-order valence-corrected chi connectivity index (χ4v) is 3.33. The lowest BCUT2D eigenvalue weighted by Crippen LogP contribution is -2.27. The third kappa shape index (κ3) is 6.13. The Morgan fingerprint density at radius 2 is 2.05 bits per heavy atom. The van der Waals surface area contributed by atoms with Crippen LogP contribution in [0.15, 0.2) is 35.1 Å². The molecule has 0 saturated carbocycles. The van der Waals surface area contributed by atoms with E-state index in [-0.39, 0.29) is 0 Å². The van der Waals surface area contributed by atoms with Gasteiger partial charge in [-0.25, -0.2) is 0 Å². The van der Waals surface area contributed by atoms with Gasteiger partial charge in [-0.1, -0.05) is 31.6 Å². The average Bonchev–Trinajstić information content (AvgIpc) is 2.25. The van der Waals surface area contributed by atoms with Gasteiger partial charge in [-0.2, -0.15) is 0 Å². The summed E-state index contributed by atoms with van der Waals surface area (Å²) in [4.78, 5) is 0. The Balaban J connectivity index is 2.75. The zero-order chi connectivity index (χ0) is 15.3. The van der Waals surface area contributed by atoms with Crippen LogP contribution in [0.2, 0.25) is 19.6 Å². The molecule has 1 aliphatic rings. The molecule has 20 heavy (non-hydrogen) atoms. The predicted molar refractivity (Wildman–Crippen MR) is 92.2 cm³/mol. The normalized spacial score (nSPS) is 20.9. The van der Waals surface area contributed by atoms with E-state index in [1.54, 1.807) is 0 Å². The Morgan fingerprint density at radius 1 is 1.40 bits per heavy atom. The highest BCUT2D eigenvalue weighted by molar-refractivity contribution is 6.70. The Labute approximate surface area is 126 Å². The molecule has 0 aromatic rings. The molecular formula is C18H32OSi. The first-order valence-corrected chi connectivity index (χ1v) is 11.3. The van der Waals surface area contributed by atoms with Crippen LogP contribution in [0, 0.1) is 11.8 Å². The van der Waals surface area contributed by atoms with Crippen LogP contribution in [0.3, 0.4) is 0 Å². The van der Waals surface area contributed by atoms with Crippen molar-refractivity contribution >= 4 is 8.32 Å². The van der Waals surface area contributed by atoms with Crippen molar-refractivity contribution in [2.24, 2.45) is 11.8 Å². The zero-order valence-electron chi connectivity index (χ0n) is 14.4. The lowest BCUT2D eigenvalue weighted by Gasteiger charge is -2.29. The van der Waals surface area contributed by atoms with Gasteiger partial charge in [0.1, 0.15) is 5.76 Å². The summed E-state index contributed by atoms with van der Waals surface area (Å²) in [7, 11) is -1.53. The summed E-state index contributed by atoms with van der Waals surface area (Å²) in [6.07, 6.45) is 10.6. The molecular weight excluding hydrogens is 260 g/mol. The van der Waals surface area contributed by atoms with E-state index in [1.807, 2.05) is 0 Å². The van der Waals surface area contributed by atoms with E-state index in [0.29, 0.717) is 11.8 Å². The molecule has 0 saturated heterocycles. The van der Waals surface area contributed by atoms with E-state index >= 15 is 0 Å². The Morgan fingerprint density at radius 3 is 2.60 bits per heavy atom. The van der Waals surface area contributed by atoms with Gasteiger partial charge in [0, 0.05) is 0 Å². The van der Waals surface area contributed by atoms with Gasteiger partial charge < -0.3 is 4.43 Å². The largest absolute Gasteiger partial charge is 0.544 e. The van der Waals surface area contributed by atoms with Crippen LogP contribution in [-0.4, -0.2) is 8.32 Å². The quantitative estimate of drug-likeness (QED) is 0.426. The summed E-state index contributed by atoms with van der Waals surface area (Å²) < 4.78 is 6.33. The van der Waals surface area contributed by atoms with Gasteiger partial charge in [-0.05, 0) is 76.2 Å². The molecule has 0 heterocycles. The van der Waals surface area contributed by atoms with Crippen LogP contribution < -0.4 is 0 Å². The van der Waals surface area contributed by atoms with E-state index in [0.717, 1.165) is 12.8 Å². The SMILES string of the molecule is CC(C)=CCC[C@@H](C)C1=CCC(C)C=C1O[Si](C)(C)C. The molecule has 0 spiro atoms. The first-order chi connectivity index (χ1) is 9.19. The van der Waals surface area contributed by atoms with Crippen molar-refractivity contribution in [1.29, 1.82) is 0 Å². The van der Waals surface area contributed by atoms with Gasteiger partial charge in [-0.3, -0.25) is 0 Å². The van der Waals surface area contributed by atoms with Crippen LogP contribution in [0.1, 0.15) is 47.0 Å². The summed E-state index contributed by atoms with van der Waals surface area (Å²) in [5.74, 6) is 2.36. The summed E-state index contributed by atoms with van der Waals surface area (Å²) in [6.45, 7) is 15.7. The number of hydrogen-bond donors (Lipinski definition) is 0.